The van der Waals surface area contributed by atoms with E-state index in [1.54, 1.807) is 0 Å². The van der Waals surface area contributed by atoms with Crippen LogP contribution in [-0.2, 0) is 9.47 Å². The molecule has 0 bridgehead atoms. The van der Waals surface area contributed by atoms with Crippen LogP contribution in [0.5, 0.6) is 0 Å². The summed E-state index contributed by atoms with van der Waals surface area (Å²) in [5.74, 6) is 0.855. The highest BCUT2D eigenvalue weighted by Crippen LogP contribution is 2.35. The molecule has 0 radical (unpaired) electrons. The topological polar surface area (TPSA) is 53.6 Å². The number of hydrogen-bond acceptors (Lipinski definition) is 5. The Morgan fingerprint density at radius 3 is 2.21 bits per heavy atom. The van der Waals surface area contributed by atoms with Crippen LogP contribution in [0.15, 0.2) is 78.9 Å². The molecule has 5 rings (SSSR count). The third-order valence-electron chi connectivity index (χ3n) is 6.81. The van der Waals surface area contributed by atoms with Crippen LogP contribution >= 0.6 is 0 Å². The van der Waals surface area contributed by atoms with E-state index in [2.05, 4.69) is 108 Å². The summed E-state index contributed by atoms with van der Waals surface area (Å²) in [6.07, 6.45) is 4.13. The third-order valence-corrected chi connectivity index (χ3v) is 6.81. The number of ether oxygens (including phenoxy) is 2. The average Bonchev–Trinajstić information content (AvgIpc) is 3.42. The summed E-state index contributed by atoms with van der Waals surface area (Å²) in [4.78, 5) is 13.2. The summed E-state index contributed by atoms with van der Waals surface area (Å²) >= 11 is 0. The summed E-state index contributed by atoms with van der Waals surface area (Å²) in [7, 11) is 4.11. The molecular formula is C32H36N4O2. The molecule has 0 unspecified atom stereocenters. The second kappa shape index (κ2) is 12.1. The molecule has 0 atom stereocenters. The minimum absolute atomic E-state index is 0.625. The molecule has 1 saturated heterocycles. The van der Waals surface area contributed by atoms with Crippen LogP contribution in [0.25, 0.3) is 40.0 Å². The van der Waals surface area contributed by atoms with Gasteiger partial charge in [-0.2, -0.15) is 0 Å². The summed E-state index contributed by atoms with van der Waals surface area (Å²) in [5, 5.41) is 0. The number of nitrogens with one attached hydrogen (secondary N) is 1. The minimum atomic E-state index is 0.625. The van der Waals surface area contributed by atoms with Crippen molar-refractivity contribution in [1.82, 2.24) is 9.97 Å². The van der Waals surface area contributed by atoms with Crippen LogP contribution in [0.1, 0.15) is 12.5 Å². The largest absolute Gasteiger partial charge is 0.378 e. The van der Waals surface area contributed by atoms with Gasteiger partial charge < -0.3 is 24.3 Å². The minimum Gasteiger partial charge on any atom is -0.378 e. The normalized spacial score (nSPS) is 13.8. The fourth-order valence-corrected chi connectivity index (χ4v) is 4.63. The first-order valence-electron chi connectivity index (χ1n) is 13.3. The molecule has 1 N–H and O–H groups in total. The number of hydrogen-bond donors (Lipinski definition) is 1. The first kappa shape index (κ1) is 25.8. The number of imidazole rings is 1. The number of aromatic nitrogens is 2. The highest BCUT2D eigenvalue weighted by Gasteiger charge is 2.17. The molecule has 38 heavy (non-hydrogen) atoms. The van der Waals surface area contributed by atoms with E-state index in [0.29, 0.717) is 6.61 Å². The zero-order valence-corrected chi connectivity index (χ0v) is 22.5. The van der Waals surface area contributed by atoms with E-state index in [1.807, 2.05) is 13.0 Å². The number of morpholine rings is 1. The molecule has 0 saturated carbocycles. The van der Waals surface area contributed by atoms with Gasteiger partial charge in [-0.15, -0.1) is 0 Å². The van der Waals surface area contributed by atoms with Crippen LogP contribution in [-0.4, -0.2) is 63.6 Å². The molecule has 1 aromatic heterocycles. The Morgan fingerprint density at radius 2 is 1.55 bits per heavy atom. The monoisotopic (exact) mass is 508 g/mol. The lowest BCUT2D eigenvalue weighted by molar-refractivity contribution is 0.122. The molecule has 0 spiro atoms. The van der Waals surface area contributed by atoms with E-state index < -0.39 is 0 Å². The number of aromatic amines is 1. The summed E-state index contributed by atoms with van der Waals surface area (Å²) < 4.78 is 10.9. The lowest BCUT2D eigenvalue weighted by atomic mass is 10.0. The van der Waals surface area contributed by atoms with Crippen molar-refractivity contribution < 1.29 is 9.47 Å². The highest BCUT2D eigenvalue weighted by atomic mass is 16.5. The maximum absolute atomic E-state index is 5.52. The maximum Gasteiger partial charge on any atom is 0.138 e. The van der Waals surface area contributed by atoms with Gasteiger partial charge in [0, 0.05) is 61.9 Å². The van der Waals surface area contributed by atoms with E-state index in [-0.39, 0.29) is 0 Å². The Balaban J connectivity index is 1.47. The summed E-state index contributed by atoms with van der Waals surface area (Å²) in [5.41, 5.74) is 8.74. The van der Waals surface area contributed by atoms with Gasteiger partial charge in [0.25, 0.3) is 0 Å². The van der Waals surface area contributed by atoms with Gasteiger partial charge in [-0.25, -0.2) is 4.98 Å². The van der Waals surface area contributed by atoms with E-state index in [4.69, 9.17) is 14.5 Å². The van der Waals surface area contributed by atoms with Gasteiger partial charge in [-0.05, 0) is 36.8 Å². The van der Waals surface area contributed by atoms with Crippen molar-refractivity contribution in [2.24, 2.45) is 0 Å². The maximum atomic E-state index is 5.52. The van der Waals surface area contributed by atoms with Crippen LogP contribution in [0, 0.1) is 0 Å². The predicted molar refractivity (Wildman–Crippen MR) is 158 cm³/mol. The Hall–Kier alpha value is -3.87. The lowest BCUT2D eigenvalue weighted by Crippen LogP contribution is -2.36. The molecule has 1 aliphatic heterocycles. The third kappa shape index (κ3) is 5.98. The molecule has 196 valence electrons. The van der Waals surface area contributed by atoms with Gasteiger partial charge in [0.05, 0.1) is 31.2 Å². The highest BCUT2D eigenvalue weighted by molar-refractivity contribution is 5.82. The van der Waals surface area contributed by atoms with Crippen molar-refractivity contribution in [3.05, 3.63) is 84.4 Å². The number of H-pyrrole nitrogens is 1. The van der Waals surface area contributed by atoms with Crippen molar-refractivity contribution >= 4 is 17.5 Å². The van der Waals surface area contributed by atoms with Gasteiger partial charge >= 0.3 is 0 Å². The Morgan fingerprint density at radius 1 is 0.895 bits per heavy atom. The summed E-state index contributed by atoms with van der Waals surface area (Å²) in [6.45, 7) is 6.76. The van der Waals surface area contributed by atoms with Crippen LogP contribution in [0.4, 0.5) is 11.4 Å². The molecule has 6 nitrogen and oxygen atoms in total. The molecule has 4 aromatic rings. The quantitative estimate of drug-likeness (QED) is 0.267. The smallest absolute Gasteiger partial charge is 0.138 e. The number of benzene rings is 3. The first-order valence-corrected chi connectivity index (χ1v) is 13.3. The van der Waals surface area contributed by atoms with Gasteiger partial charge in [-0.3, -0.25) is 0 Å². The zero-order valence-electron chi connectivity index (χ0n) is 22.5. The van der Waals surface area contributed by atoms with Crippen molar-refractivity contribution in [1.29, 1.82) is 0 Å². The zero-order chi connectivity index (χ0) is 26.3. The second-order valence-corrected chi connectivity index (χ2v) is 9.58. The molecular weight excluding hydrogens is 472 g/mol. The van der Waals surface area contributed by atoms with E-state index in [1.165, 1.54) is 5.69 Å². The second-order valence-electron chi connectivity index (χ2n) is 9.58. The molecule has 6 heteroatoms. The molecule has 0 amide bonds. The lowest BCUT2D eigenvalue weighted by Gasteiger charge is -2.28. The molecule has 1 aliphatic rings. The standard InChI is InChI=1S/C32H36N4O2/c1-4-37-21-5-6-24-7-9-27(10-8-24)32-33-30(25-11-15-28(16-12-25)35(2)3)31(34-32)26-13-17-29(18-14-26)36-19-22-38-23-20-36/h5-18H,4,19-23H2,1-3H3,(H,33,34). The molecule has 3 aromatic carbocycles. The SMILES string of the molecule is CCOCC=Cc1ccc(-c2nc(-c3ccc(N(C)C)cc3)c(-c3ccc(N4CCOCC4)cc3)[nH]2)cc1. The van der Waals surface area contributed by atoms with Crippen LogP contribution < -0.4 is 9.80 Å². The summed E-state index contributed by atoms with van der Waals surface area (Å²) in [6, 6.07) is 25.8. The van der Waals surface area contributed by atoms with Crippen molar-refractivity contribution in [2.75, 3.05) is 63.4 Å². The van der Waals surface area contributed by atoms with Gasteiger partial charge in [0.15, 0.2) is 0 Å². The Labute approximate surface area is 225 Å². The first-order chi connectivity index (χ1) is 18.6. The molecule has 2 heterocycles. The Bertz CT molecular complexity index is 1330. The number of nitrogens with zero attached hydrogens (tertiary/aromatic N) is 3. The Kier molecular flexibility index (Phi) is 8.22. The number of anilines is 2. The molecule has 0 aliphatic carbocycles. The van der Waals surface area contributed by atoms with Crippen LogP contribution in [0.3, 0.4) is 0 Å². The average molecular weight is 509 g/mol. The van der Waals surface area contributed by atoms with Gasteiger partial charge in [0.2, 0.25) is 0 Å². The van der Waals surface area contributed by atoms with Crippen molar-refractivity contribution in [2.45, 2.75) is 6.92 Å². The van der Waals surface area contributed by atoms with Crippen LogP contribution in [0.2, 0.25) is 0 Å². The van der Waals surface area contributed by atoms with Crippen molar-refractivity contribution in [3.8, 4) is 33.9 Å². The van der Waals surface area contributed by atoms with E-state index >= 15 is 0 Å². The fraction of sp³-hybridized carbons (Fsp3) is 0.281. The van der Waals surface area contributed by atoms with E-state index in [9.17, 15) is 0 Å². The van der Waals surface area contributed by atoms with Crippen molar-refractivity contribution in [3.63, 3.8) is 0 Å². The van der Waals surface area contributed by atoms with Gasteiger partial charge in [-0.1, -0.05) is 60.7 Å². The van der Waals surface area contributed by atoms with E-state index in [0.717, 1.165) is 78.1 Å². The number of rotatable bonds is 9. The molecule has 1 fully saturated rings. The predicted octanol–water partition coefficient (Wildman–Crippen LogP) is 6.36. The van der Waals surface area contributed by atoms with Gasteiger partial charge in [0.1, 0.15) is 5.82 Å². The fourth-order valence-electron chi connectivity index (χ4n) is 4.63.